The highest BCUT2D eigenvalue weighted by molar-refractivity contribution is 7.90. The van der Waals surface area contributed by atoms with Gasteiger partial charge in [0.25, 0.3) is 0 Å². The highest BCUT2D eigenvalue weighted by atomic mass is 32.2. The number of pyridine rings is 1. The minimum Gasteiger partial charge on any atom is -0.274 e. The van der Waals surface area contributed by atoms with E-state index in [1.807, 2.05) is 6.07 Å². The Labute approximate surface area is 113 Å². The second-order valence-corrected chi connectivity index (χ2v) is 6.73. The Balaban J connectivity index is 1.77. The Morgan fingerprint density at radius 2 is 2.21 bits per heavy atom. The molecule has 0 saturated heterocycles. The molecule has 1 N–H and O–H groups in total. The molecule has 6 heteroatoms. The summed E-state index contributed by atoms with van der Waals surface area (Å²) < 4.78 is 25.6. The first-order chi connectivity index (χ1) is 9.05. The van der Waals surface area contributed by atoms with Crippen molar-refractivity contribution in [2.75, 3.05) is 5.75 Å². The molecule has 1 amide bonds. The number of carbonyl (C=O) groups is 1. The third-order valence-corrected chi connectivity index (χ3v) is 4.76. The van der Waals surface area contributed by atoms with Crippen LogP contribution in [0, 0.1) is 5.92 Å². The van der Waals surface area contributed by atoms with Gasteiger partial charge in [-0.1, -0.05) is 12.5 Å². The molecule has 0 aliphatic heterocycles. The zero-order valence-electron chi connectivity index (χ0n) is 10.7. The predicted octanol–water partition coefficient (Wildman–Crippen LogP) is 1.26. The molecule has 0 radical (unpaired) electrons. The van der Waals surface area contributed by atoms with E-state index in [1.54, 1.807) is 18.5 Å². The van der Waals surface area contributed by atoms with Crippen LogP contribution in [0.2, 0.25) is 0 Å². The zero-order chi connectivity index (χ0) is 13.7. The Kier molecular flexibility index (Phi) is 4.52. The molecule has 1 aromatic heterocycles. The van der Waals surface area contributed by atoms with E-state index in [-0.39, 0.29) is 18.1 Å². The first kappa shape index (κ1) is 14.0. The van der Waals surface area contributed by atoms with Gasteiger partial charge in [-0.3, -0.25) is 14.5 Å². The van der Waals surface area contributed by atoms with Gasteiger partial charge in [0.2, 0.25) is 15.9 Å². The first-order valence-electron chi connectivity index (χ1n) is 6.47. The number of hydrogen-bond donors (Lipinski definition) is 1. The van der Waals surface area contributed by atoms with Gasteiger partial charge in [0.05, 0.1) is 5.75 Å². The fourth-order valence-corrected chi connectivity index (χ4v) is 3.53. The lowest BCUT2D eigenvalue weighted by Gasteiger charge is -2.24. The normalized spacial score (nSPS) is 15.8. The Bertz CT molecular complexity index is 524. The summed E-state index contributed by atoms with van der Waals surface area (Å²) in [4.78, 5) is 15.6. The maximum Gasteiger partial charge on any atom is 0.235 e. The number of sulfonamides is 1. The summed E-state index contributed by atoms with van der Waals surface area (Å²) >= 11 is 0. The van der Waals surface area contributed by atoms with Gasteiger partial charge in [-0.2, -0.15) is 0 Å². The van der Waals surface area contributed by atoms with Crippen LogP contribution >= 0.6 is 0 Å². The van der Waals surface area contributed by atoms with Crippen LogP contribution in [-0.2, 0) is 21.2 Å². The van der Waals surface area contributed by atoms with Gasteiger partial charge in [0.1, 0.15) is 0 Å². The van der Waals surface area contributed by atoms with Gasteiger partial charge in [0.15, 0.2) is 0 Å². The lowest BCUT2D eigenvalue weighted by atomic mass is 9.87. The molecule has 1 fully saturated rings. The summed E-state index contributed by atoms with van der Waals surface area (Å²) in [5, 5.41) is 0. The van der Waals surface area contributed by atoms with E-state index in [2.05, 4.69) is 9.71 Å². The number of carbonyl (C=O) groups excluding carboxylic acids is 1. The molecule has 0 bridgehead atoms. The lowest BCUT2D eigenvalue weighted by molar-refractivity contribution is -0.119. The summed E-state index contributed by atoms with van der Waals surface area (Å²) in [6.45, 7) is 0. The third-order valence-electron chi connectivity index (χ3n) is 3.31. The standard InChI is InChI=1S/C13H18N2O3S/c16-13(7-6-11-5-2-8-14-9-11)15-19(17,18)10-12-3-1-4-12/h2,5,8-9,12H,1,3-4,6-7,10H2,(H,15,16). The van der Waals surface area contributed by atoms with Crippen LogP contribution in [-0.4, -0.2) is 25.1 Å². The average Bonchev–Trinajstić information content (AvgIpc) is 2.32. The van der Waals surface area contributed by atoms with Crippen LogP contribution in [0.3, 0.4) is 0 Å². The Morgan fingerprint density at radius 3 is 2.79 bits per heavy atom. The summed E-state index contributed by atoms with van der Waals surface area (Å²) in [6, 6.07) is 3.66. The monoisotopic (exact) mass is 282 g/mol. The van der Waals surface area contributed by atoms with Crippen molar-refractivity contribution in [3.63, 3.8) is 0 Å². The van der Waals surface area contributed by atoms with Gasteiger partial charge in [-0.15, -0.1) is 0 Å². The minimum absolute atomic E-state index is 0.0750. The van der Waals surface area contributed by atoms with Crippen LogP contribution in [0.5, 0.6) is 0 Å². The molecule has 19 heavy (non-hydrogen) atoms. The van der Waals surface area contributed by atoms with E-state index in [0.717, 1.165) is 24.8 Å². The van der Waals surface area contributed by atoms with Crippen molar-refractivity contribution < 1.29 is 13.2 Å². The van der Waals surface area contributed by atoms with Crippen molar-refractivity contribution >= 4 is 15.9 Å². The molecule has 0 unspecified atom stereocenters. The molecule has 0 atom stereocenters. The van der Waals surface area contributed by atoms with Gasteiger partial charge >= 0.3 is 0 Å². The third kappa shape index (κ3) is 4.63. The van der Waals surface area contributed by atoms with E-state index in [4.69, 9.17) is 0 Å². The summed E-state index contributed by atoms with van der Waals surface area (Å²) in [7, 11) is -3.46. The van der Waals surface area contributed by atoms with Gasteiger partial charge < -0.3 is 0 Å². The van der Waals surface area contributed by atoms with Gasteiger partial charge in [-0.05, 0) is 36.8 Å². The summed E-state index contributed by atoms with van der Waals surface area (Å²) in [6.07, 6.45) is 6.99. The second kappa shape index (κ2) is 6.14. The number of aryl methyl sites for hydroxylation is 1. The average molecular weight is 282 g/mol. The predicted molar refractivity (Wildman–Crippen MR) is 71.8 cm³/mol. The minimum atomic E-state index is -3.46. The molecule has 1 saturated carbocycles. The topological polar surface area (TPSA) is 76.1 Å². The van der Waals surface area contributed by atoms with Gasteiger partial charge in [0, 0.05) is 18.8 Å². The van der Waals surface area contributed by atoms with Crippen molar-refractivity contribution in [2.24, 2.45) is 5.92 Å². The van der Waals surface area contributed by atoms with Crippen LogP contribution < -0.4 is 4.72 Å². The molecule has 1 aliphatic carbocycles. The van der Waals surface area contributed by atoms with Crippen LogP contribution in [0.4, 0.5) is 0 Å². The molecule has 0 spiro atoms. The van der Waals surface area contributed by atoms with E-state index in [0.29, 0.717) is 6.42 Å². The molecule has 1 heterocycles. The van der Waals surface area contributed by atoms with E-state index >= 15 is 0 Å². The number of aromatic nitrogens is 1. The molecular formula is C13H18N2O3S. The second-order valence-electron chi connectivity index (χ2n) is 4.96. The van der Waals surface area contributed by atoms with Crippen molar-refractivity contribution in [1.29, 1.82) is 0 Å². The van der Waals surface area contributed by atoms with Crippen molar-refractivity contribution in [3.8, 4) is 0 Å². The molecule has 104 valence electrons. The lowest BCUT2D eigenvalue weighted by Crippen LogP contribution is -2.36. The molecule has 2 rings (SSSR count). The summed E-state index contributed by atoms with van der Waals surface area (Å²) in [5.41, 5.74) is 0.925. The number of amides is 1. The smallest absolute Gasteiger partial charge is 0.235 e. The fourth-order valence-electron chi connectivity index (χ4n) is 2.04. The number of nitrogens with zero attached hydrogens (tertiary/aromatic N) is 1. The van der Waals surface area contributed by atoms with Gasteiger partial charge in [-0.25, -0.2) is 8.42 Å². The molecule has 1 aromatic rings. The maximum absolute atomic E-state index is 11.7. The highest BCUT2D eigenvalue weighted by Gasteiger charge is 2.25. The molecule has 5 nitrogen and oxygen atoms in total. The molecule has 0 aromatic carbocycles. The Hall–Kier alpha value is -1.43. The fraction of sp³-hybridized carbons (Fsp3) is 0.538. The van der Waals surface area contributed by atoms with Crippen LogP contribution in [0.15, 0.2) is 24.5 Å². The number of rotatable bonds is 6. The van der Waals surface area contributed by atoms with E-state index in [1.165, 1.54) is 0 Å². The van der Waals surface area contributed by atoms with Crippen LogP contribution in [0.25, 0.3) is 0 Å². The van der Waals surface area contributed by atoms with Crippen molar-refractivity contribution in [1.82, 2.24) is 9.71 Å². The summed E-state index contributed by atoms with van der Waals surface area (Å²) in [5.74, 6) is -0.141. The van der Waals surface area contributed by atoms with Crippen molar-refractivity contribution in [3.05, 3.63) is 30.1 Å². The zero-order valence-corrected chi connectivity index (χ0v) is 11.5. The number of hydrogen-bond acceptors (Lipinski definition) is 4. The van der Waals surface area contributed by atoms with E-state index < -0.39 is 15.9 Å². The van der Waals surface area contributed by atoms with Crippen LogP contribution in [0.1, 0.15) is 31.2 Å². The SMILES string of the molecule is O=C(CCc1cccnc1)NS(=O)(=O)CC1CCC1. The van der Waals surface area contributed by atoms with Crippen molar-refractivity contribution in [2.45, 2.75) is 32.1 Å². The largest absolute Gasteiger partial charge is 0.274 e. The molecule has 1 aliphatic rings. The maximum atomic E-state index is 11.7. The molecular weight excluding hydrogens is 264 g/mol. The quantitative estimate of drug-likeness (QED) is 0.852. The first-order valence-corrected chi connectivity index (χ1v) is 8.12. The van der Waals surface area contributed by atoms with E-state index in [9.17, 15) is 13.2 Å². The Morgan fingerprint density at radius 1 is 1.42 bits per heavy atom. The highest BCUT2D eigenvalue weighted by Crippen LogP contribution is 2.27. The number of nitrogens with one attached hydrogen (secondary N) is 1.